The summed E-state index contributed by atoms with van der Waals surface area (Å²) in [6.07, 6.45) is 8.95. The van der Waals surface area contributed by atoms with Gasteiger partial charge >= 0.3 is 0 Å². The lowest BCUT2D eigenvalue weighted by Crippen LogP contribution is -2.42. The maximum absolute atomic E-state index is 6.38. The third kappa shape index (κ3) is 4.32. The van der Waals surface area contributed by atoms with Crippen molar-refractivity contribution in [2.24, 2.45) is 11.7 Å². The second-order valence-electron chi connectivity index (χ2n) is 5.79. The first-order valence-electron chi connectivity index (χ1n) is 7.63. The molecule has 1 aromatic carbocycles. The summed E-state index contributed by atoms with van der Waals surface area (Å²) in [5.41, 5.74) is 7.75. The smallest absolute Gasteiger partial charge is 0.0750 e. The third-order valence-electron chi connectivity index (χ3n) is 4.42. The molecule has 0 spiro atoms. The van der Waals surface area contributed by atoms with E-state index in [1.165, 1.54) is 37.7 Å². The van der Waals surface area contributed by atoms with Gasteiger partial charge in [0.2, 0.25) is 0 Å². The molecule has 0 radical (unpaired) electrons. The van der Waals surface area contributed by atoms with E-state index in [1.54, 1.807) is 0 Å². The number of nitrogens with two attached hydrogens (primary N) is 1. The highest BCUT2D eigenvalue weighted by atomic mass is 16.5. The van der Waals surface area contributed by atoms with Gasteiger partial charge in [0.15, 0.2) is 0 Å². The summed E-state index contributed by atoms with van der Waals surface area (Å²) in [7, 11) is 1.82. The minimum absolute atomic E-state index is 0.160. The fourth-order valence-corrected chi connectivity index (χ4v) is 3.32. The van der Waals surface area contributed by atoms with Gasteiger partial charge in [-0.2, -0.15) is 0 Å². The Morgan fingerprint density at radius 2 is 1.84 bits per heavy atom. The molecule has 0 aromatic heterocycles. The van der Waals surface area contributed by atoms with Crippen LogP contribution in [0, 0.1) is 5.92 Å². The molecule has 0 saturated heterocycles. The Kier molecular flexibility index (Phi) is 5.87. The van der Waals surface area contributed by atoms with Crippen molar-refractivity contribution in [3.05, 3.63) is 35.9 Å². The van der Waals surface area contributed by atoms with Gasteiger partial charge < -0.3 is 10.5 Å². The van der Waals surface area contributed by atoms with Crippen molar-refractivity contribution >= 4 is 0 Å². The van der Waals surface area contributed by atoms with Gasteiger partial charge in [-0.25, -0.2) is 0 Å². The Morgan fingerprint density at radius 1 is 1.16 bits per heavy atom. The van der Waals surface area contributed by atoms with Crippen molar-refractivity contribution in [2.75, 3.05) is 7.11 Å². The van der Waals surface area contributed by atoms with E-state index in [4.69, 9.17) is 10.5 Å². The molecule has 1 fully saturated rings. The first-order chi connectivity index (χ1) is 9.31. The van der Waals surface area contributed by atoms with Crippen molar-refractivity contribution in [2.45, 2.75) is 57.1 Å². The molecule has 0 amide bonds. The molecule has 0 bridgehead atoms. The van der Waals surface area contributed by atoms with Crippen molar-refractivity contribution in [3.8, 4) is 0 Å². The van der Waals surface area contributed by atoms with E-state index >= 15 is 0 Å². The average Bonchev–Trinajstić information content (AvgIpc) is 2.48. The molecule has 2 nitrogen and oxygen atoms in total. The summed E-state index contributed by atoms with van der Waals surface area (Å²) in [5.74, 6) is 0.671. The Bertz CT molecular complexity index is 346. The zero-order valence-corrected chi connectivity index (χ0v) is 12.1. The first-order valence-corrected chi connectivity index (χ1v) is 7.63. The Morgan fingerprint density at radius 3 is 2.47 bits per heavy atom. The first kappa shape index (κ1) is 14.5. The topological polar surface area (TPSA) is 35.2 Å². The second kappa shape index (κ2) is 7.66. The second-order valence-corrected chi connectivity index (χ2v) is 5.79. The maximum atomic E-state index is 6.38. The lowest BCUT2D eigenvalue weighted by atomic mass is 9.81. The number of ether oxygens (including phenoxy) is 1. The largest absolute Gasteiger partial charge is 0.380 e. The summed E-state index contributed by atoms with van der Waals surface area (Å²) < 4.78 is 5.71. The van der Waals surface area contributed by atoms with Crippen molar-refractivity contribution < 1.29 is 4.74 Å². The van der Waals surface area contributed by atoms with Crippen LogP contribution in [0.2, 0.25) is 0 Å². The predicted octanol–water partition coefficient (Wildman–Crippen LogP) is 3.54. The van der Waals surface area contributed by atoms with Crippen LogP contribution in [-0.2, 0) is 11.2 Å². The van der Waals surface area contributed by atoms with E-state index in [0.717, 1.165) is 12.8 Å². The van der Waals surface area contributed by atoms with Crippen molar-refractivity contribution in [3.63, 3.8) is 0 Å². The molecule has 0 aliphatic heterocycles. The number of aryl methyl sites for hydroxylation is 1. The van der Waals surface area contributed by atoms with Gasteiger partial charge in [0.05, 0.1) is 6.10 Å². The van der Waals surface area contributed by atoms with E-state index in [1.807, 2.05) is 7.11 Å². The van der Waals surface area contributed by atoms with E-state index in [-0.39, 0.29) is 12.1 Å². The monoisotopic (exact) mass is 261 g/mol. The molecule has 106 valence electrons. The van der Waals surface area contributed by atoms with E-state index in [0.29, 0.717) is 5.92 Å². The average molecular weight is 261 g/mol. The predicted molar refractivity (Wildman–Crippen MR) is 80.1 cm³/mol. The van der Waals surface area contributed by atoms with Crippen LogP contribution < -0.4 is 5.73 Å². The van der Waals surface area contributed by atoms with Crippen molar-refractivity contribution in [1.82, 2.24) is 0 Å². The highest BCUT2D eigenvalue weighted by Crippen LogP contribution is 2.29. The van der Waals surface area contributed by atoms with Gasteiger partial charge in [-0.3, -0.25) is 0 Å². The number of hydrogen-bond acceptors (Lipinski definition) is 2. The zero-order valence-electron chi connectivity index (χ0n) is 12.1. The quantitative estimate of drug-likeness (QED) is 0.850. The summed E-state index contributed by atoms with van der Waals surface area (Å²) in [5, 5.41) is 0. The van der Waals surface area contributed by atoms with Gasteiger partial charge in [0.25, 0.3) is 0 Å². The van der Waals surface area contributed by atoms with Gasteiger partial charge in [0.1, 0.15) is 0 Å². The number of methoxy groups -OCH3 is 1. The third-order valence-corrected chi connectivity index (χ3v) is 4.42. The molecule has 2 heteroatoms. The van der Waals surface area contributed by atoms with E-state index in [2.05, 4.69) is 30.3 Å². The number of rotatable bonds is 6. The Labute approximate surface area is 117 Å². The fraction of sp³-hybridized carbons (Fsp3) is 0.647. The van der Waals surface area contributed by atoms with Gasteiger partial charge in [-0.1, -0.05) is 49.6 Å². The van der Waals surface area contributed by atoms with E-state index < -0.39 is 0 Å². The fourth-order valence-electron chi connectivity index (χ4n) is 3.32. The maximum Gasteiger partial charge on any atom is 0.0750 e. The summed E-state index contributed by atoms with van der Waals surface area (Å²) in [4.78, 5) is 0. The minimum atomic E-state index is 0.160. The highest BCUT2D eigenvalue weighted by Gasteiger charge is 2.28. The lowest BCUT2D eigenvalue weighted by molar-refractivity contribution is 0.0160. The van der Waals surface area contributed by atoms with Crippen LogP contribution in [0.1, 0.15) is 44.1 Å². The molecule has 1 saturated carbocycles. The van der Waals surface area contributed by atoms with Crippen LogP contribution in [0.25, 0.3) is 0 Å². The summed E-state index contributed by atoms with van der Waals surface area (Å²) in [6.45, 7) is 0. The molecule has 1 aromatic rings. The molecule has 2 atom stereocenters. The number of hydrogen-bond donors (Lipinski definition) is 1. The van der Waals surface area contributed by atoms with E-state index in [9.17, 15) is 0 Å². The van der Waals surface area contributed by atoms with Crippen LogP contribution >= 0.6 is 0 Å². The molecule has 2 N–H and O–H groups in total. The molecule has 19 heavy (non-hydrogen) atoms. The molecule has 2 unspecified atom stereocenters. The van der Waals surface area contributed by atoms with Gasteiger partial charge in [0, 0.05) is 13.2 Å². The van der Waals surface area contributed by atoms with Crippen molar-refractivity contribution in [1.29, 1.82) is 0 Å². The molecule has 0 heterocycles. The minimum Gasteiger partial charge on any atom is -0.380 e. The lowest BCUT2D eigenvalue weighted by Gasteiger charge is -2.33. The Balaban J connectivity index is 1.84. The van der Waals surface area contributed by atoms with Crippen LogP contribution in [-0.4, -0.2) is 19.3 Å². The molecule has 1 aliphatic rings. The summed E-state index contributed by atoms with van der Waals surface area (Å²) in [6, 6.07) is 10.8. The van der Waals surface area contributed by atoms with Crippen LogP contribution in [0.4, 0.5) is 0 Å². The standard InChI is InChI=1S/C17H27NO/c1-19-17(15-10-6-3-7-11-15)16(18)13-12-14-8-4-2-5-9-14/h2,4-5,8-9,15-17H,3,6-7,10-13,18H2,1H3. The van der Waals surface area contributed by atoms with Gasteiger partial charge in [-0.05, 0) is 37.2 Å². The van der Waals surface area contributed by atoms with Crippen LogP contribution in [0.3, 0.4) is 0 Å². The van der Waals surface area contributed by atoms with Crippen LogP contribution in [0.5, 0.6) is 0 Å². The van der Waals surface area contributed by atoms with Crippen LogP contribution in [0.15, 0.2) is 30.3 Å². The molecular weight excluding hydrogens is 234 g/mol. The zero-order chi connectivity index (χ0) is 13.5. The molecule has 1 aliphatic carbocycles. The highest BCUT2D eigenvalue weighted by molar-refractivity contribution is 5.14. The summed E-state index contributed by atoms with van der Waals surface area (Å²) >= 11 is 0. The Hall–Kier alpha value is -0.860. The normalized spacial score (nSPS) is 20.1. The SMILES string of the molecule is COC(C(N)CCc1ccccc1)C1CCCCC1. The number of benzene rings is 1. The molecular formula is C17H27NO. The van der Waals surface area contributed by atoms with Gasteiger partial charge in [-0.15, -0.1) is 0 Å². The molecule has 2 rings (SSSR count).